The first kappa shape index (κ1) is 45.9. The summed E-state index contributed by atoms with van der Waals surface area (Å²) in [5.74, 6) is 0.136. The van der Waals surface area contributed by atoms with Crippen molar-refractivity contribution in [3.63, 3.8) is 0 Å². The van der Waals surface area contributed by atoms with Crippen molar-refractivity contribution in [1.82, 2.24) is 0 Å². The summed E-state index contributed by atoms with van der Waals surface area (Å²) in [6.07, 6.45) is -7.65. The van der Waals surface area contributed by atoms with Gasteiger partial charge in [0.25, 0.3) is 0 Å². The summed E-state index contributed by atoms with van der Waals surface area (Å²) in [5, 5.41) is 9.62. The second kappa shape index (κ2) is 18.9. The van der Waals surface area contributed by atoms with Gasteiger partial charge < -0.3 is 21.8 Å². The van der Waals surface area contributed by atoms with Crippen LogP contribution in [0.3, 0.4) is 0 Å². The van der Waals surface area contributed by atoms with Gasteiger partial charge >= 0.3 is 12.4 Å². The molecule has 0 atom stereocenters. The van der Waals surface area contributed by atoms with E-state index in [9.17, 15) is 43.2 Å². The van der Waals surface area contributed by atoms with Crippen molar-refractivity contribution in [3.8, 4) is 0 Å². The SMILES string of the molecule is CCO.NCC1CC(S(=O)(=O)c2cccc(C(F)(F)F)c2)C1.O.O.[N-]=[N+]=NCC1CC(S(=O)(=O)c2cccc(C(F)(F)F)c2)C1.[Pd]. The molecule has 0 aromatic heterocycles. The van der Waals surface area contributed by atoms with Gasteiger partial charge in [0.15, 0.2) is 19.7 Å². The Morgan fingerprint density at radius 2 is 1.17 bits per heavy atom. The zero-order valence-electron chi connectivity index (χ0n) is 24.3. The first-order valence-corrected chi connectivity index (χ1v) is 16.1. The molecule has 0 unspecified atom stereocenters. The zero-order valence-corrected chi connectivity index (χ0v) is 27.5. The van der Waals surface area contributed by atoms with Crippen LogP contribution in [0.1, 0.15) is 43.7 Å². The average Bonchev–Trinajstić information content (AvgIpc) is 2.87. The van der Waals surface area contributed by atoms with Crippen LogP contribution in [0.2, 0.25) is 0 Å². The maximum absolute atomic E-state index is 12.6. The van der Waals surface area contributed by atoms with Gasteiger partial charge in [-0.25, -0.2) is 16.8 Å². The Morgan fingerprint density at radius 3 is 1.48 bits per heavy atom. The van der Waals surface area contributed by atoms with E-state index in [0.29, 0.717) is 44.4 Å². The number of hydrogen-bond acceptors (Lipinski definition) is 7. The summed E-state index contributed by atoms with van der Waals surface area (Å²) >= 11 is 0. The van der Waals surface area contributed by atoms with Crippen molar-refractivity contribution in [2.24, 2.45) is 22.7 Å². The van der Waals surface area contributed by atoms with Crippen molar-refractivity contribution in [2.75, 3.05) is 19.7 Å². The predicted octanol–water partition coefficient (Wildman–Crippen LogP) is 4.13. The molecule has 2 aromatic rings. The van der Waals surface area contributed by atoms with Crippen LogP contribution in [0.5, 0.6) is 0 Å². The molecule has 0 saturated heterocycles. The van der Waals surface area contributed by atoms with Crippen LogP contribution in [-0.4, -0.2) is 63.1 Å². The molecular formula is C26H36F6N4O7PdS2. The van der Waals surface area contributed by atoms with Crippen LogP contribution in [0.25, 0.3) is 10.4 Å². The third kappa shape index (κ3) is 12.1. The zero-order chi connectivity index (χ0) is 32.6. The average molecular weight is 801 g/mol. The van der Waals surface area contributed by atoms with Crippen molar-refractivity contribution in [1.29, 1.82) is 0 Å². The van der Waals surface area contributed by atoms with Crippen LogP contribution in [-0.2, 0) is 52.4 Å². The number of aliphatic hydroxyl groups excluding tert-OH is 1. The van der Waals surface area contributed by atoms with E-state index in [0.717, 1.165) is 24.3 Å². The maximum Gasteiger partial charge on any atom is 0.416 e. The normalized spacial score (nSPS) is 20.5. The van der Waals surface area contributed by atoms with Gasteiger partial charge in [0, 0.05) is 38.5 Å². The van der Waals surface area contributed by atoms with Gasteiger partial charge in [-0.15, -0.1) is 0 Å². The Kier molecular flexibility index (Phi) is 18.9. The molecule has 2 saturated carbocycles. The summed E-state index contributed by atoms with van der Waals surface area (Å²) in [4.78, 5) is 2.02. The molecule has 46 heavy (non-hydrogen) atoms. The van der Waals surface area contributed by atoms with Crippen LogP contribution in [0.15, 0.2) is 63.4 Å². The van der Waals surface area contributed by atoms with E-state index in [4.69, 9.17) is 16.4 Å². The first-order chi connectivity index (χ1) is 19.9. The molecule has 0 radical (unpaired) electrons. The summed E-state index contributed by atoms with van der Waals surface area (Å²) in [6, 6.07) is 7.65. The minimum absolute atomic E-state index is 0. The quantitative estimate of drug-likeness (QED) is 0.138. The van der Waals surface area contributed by atoms with Crippen molar-refractivity contribution in [3.05, 3.63) is 70.1 Å². The van der Waals surface area contributed by atoms with Gasteiger partial charge in [-0.2, -0.15) is 26.3 Å². The number of hydrogen-bond donors (Lipinski definition) is 2. The Labute approximate surface area is 276 Å². The summed E-state index contributed by atoms with van der Waals surface area (Å²) < 4.78 is 124. The fraction of sp³-hybridized carbons (Fsp3) is 0.538. The van der Waals surface area contributed by atoms with Gasteiger partial charge in [0.1, 0.15) is 0 Å². The molecule has 4 rings (SSSR count). The number of sulfone groups is 2. The largest absolute Gasteiger partial charge is 0.416 e. The van der Waals surface area contributed by atoms with Gasteiger partial charge in [-0.05, 0) is 92.9 Å². The smallest absolute Gasteiger partial charge is 0.412 e. The molecule has 0 spiro atoms. The standard InChI is InChI=1S/C12H12F3N3O2S.C12H14F3NO2S.C2H6O.2H2O.Pd/c13-12(14,15)9-2-1-3-10(6-9)21(19,20)11-4-8(5-11)7-17-18-16;13-12(14,15)9-2-1-3-10(6-9)19(17,18)11-4-8(5-11)7-16;1-2-3;;;/h1-3,6,8,11H,4-5,7H2;1-3,6,8,11H,4-5,7,16H2;3H,2H2,1H3;2*1H2;. The fourth-order valence-corrected chi connectivity index (χ4v) is 8.42. The van der Waals surface area contributed by atoms with E-state index in [1.165, 1.54) is 12.1 Å². The molecule has 0 bridgehead atoms. The minimum atomic E-state index is -4.57. The second-order valence-corrected chi connectivity index (χ2v) is 14.5. The van der Waals surface area contributed by atoms with E-state index in [2.05, 4.69) is 10.0 Å². The molecule has 0 aliphatic heterocycles. The third-order valence-electron chi connectivity index (χ3n) is 6.98. The molecule has 0 heterocycles. The number of alkyl halides is 6. The molecule has 2 fully saturated rings. The maximum atomic E-state index is 12.6. The molecular weight excluding hydrogens is 765 g/mol. The van der Waals surface area contributed by atoms with Crippen LogP contribution < -0.4 is 5.73 Å². The van der Waals surface area contributed by atoms with E-state index in [1.54, 1.807) is 6.92 Å². The van der Waals surface area contributed by atoms with Gasteiger partial charge in [-0.3, -0.25) is 0 Å². The number of nitrogens with zero attached hydrogens (tertiary/aromatic N) is 3. The molecule has 2 aliphatic carbocycles. The van der Waals surface area contributed by atoms with Gasteiger partial charge in [0.2, 0.25) is 0 Å². The molecule has 2 aromatic carbocycles. The van der Waals surface area contributed by atoms with Crippen LogP contribution in [0.4, 0.5) is 26.3 Å². The van der Waals surface area contributed by atoms with E-state index in [-0.39, 0.29) is 66.2 Å². The van der Waals surface area contributed by atoms with Crippen molar-refractivity contribution < 1.29 is 79.7 Å². The summed E-state index contributed by atoms with van der Waals surface area (Å²) in [5.41, 5.74) is 11.7. The second-order valence-electron chi connectivity index (χ2n) is 10.0. The Morgan fingerprint density at radius 1 is 0.826 bits per heavy atom. The minimum Gasteiger partial charge on any atom is -0.412 e. The van der Waals surface area contributed by atoms with E-state index < -0.39 is 53.7 Å². The molecule has 0 amide bonds. The number of rotatable bonds is 7. The number of benzene rings is 2. The Bertz CT molecular complexity index is 1490. The molecule has 2 aliphatic rings. The van der Waals surface area contributed by atoms with Crippen molar-refractivity contribution >= 4 is 19.7 Å². The fourth-order valence-electron chi connectivity index (χ4n) is 4.43. The third-order valence-corrected chi connectivity index (χ3v) is 11.3. The topological polar surface area (TPSA) is 226 Å². The van der Waals surface area contributed by atoms with Gasteiger partial charge in [0.05, 0.1) is 31.4 Å². The number of halogens is 6. The molecule has 20 heteroatoms. The number of aliphatic hydroxyl groups is 1. The Balaban J connectivity index is 0. The molecule has 11 nitrogen and oxygen atoms in total. The van der Waals surface area contributed by atoms with Crippen LogP contribution in [0, 0.1) is 11.8 Å². The Hall–Kier alpha value is -2.27. The summed E-state index contributed by atoms with van der Waals surface area (Å²) in [6.45, 7) is 2.56. The van der Waals surface area contributed by atoms with Gasteiger partial charge in [-0.1, -0.05) is 17.2 Å². The summed E-state index contributed by atoms with van der Waals surface area (Å²) in [7, 11) is -7.46. The van der Waals surface area contributed by atoms with Crippen LogP contribution >= 0.6 is 0 Å². The molecule has 266 valence electrons. The monoisotopic (exact) mass is 800 g/mol. The van der Waals surface area contributed by atoms with Crippen molar-refractivity contribution in [2.45, 2.75) is 65.3 Å². The number of nitrogens with two attached hydrogens (primary N) is 1. The predicted molar refractivity (Wildman–Crippen MR) is 153 cm³/mol. The van der Waals surface area contributed by atoms with E-state index in [1.807, 2.05) is 0 Å². The first-order valence-electron chi connectivity index (χ1n) is 13.1. The number of azide groups is 1. The van der Waals surface area contributed by atoms with E-state index >= 15 is 0 Å². The molecule has 7 N–H and O–H groups in total.